The number of nitro groups is 1. The van der Waals surface area contributed by atoms with Crippen molar-refractivity contribution in [1.29, 1.82) is 0 Å². The van der Waals surface area contributed by atoms with E-state index >= 15 is 0 Å². The first-order chi connectivity index (χ1) is 9.24. The van der Waals surface area contributed by atoms with E-state index in [0.29, 0.717) is 12.5 Å². The van der Waals surface area contributed by atoms with E-state index in [-0.39, 0.29) is 5.69 Å². The highest BCUT2D eigenvalue weighted by molar-refractivity contribution is 5.97. The zero-order chi connectivity index (χ0) is 13.2. The van der Waals surface area contributed by atoms with Gasteiger partial charge in [-0.3, -0.25) is 10.1 Å². The van der Waals surface area contributed by atoms with Crippen LogP contribution in [-0.4, -0.2) is 10.8 Å². The van der Waals surface area contributed by atoms with Crippen LogP contribution < -0.4 is 0 Å². The average Bonchev–Trinajstić information content (AvgIpc) is 2.47. The van der Waals surface area contributed by atoms with Crippen LogP contribution >= 0.6 is 0 Å². The number of nitro benzene ring substituents is 1. The normalized spacial score (nSPS) is 13.2. The zero-order valence-electron chi connectivity index (χ0n) is 9.95. The molecule has 94 valence electrons. The molecule has 2 aromatic carbocycles. The number of hydrogen-bond donors (Lipinski definition) is 0. The van der Waals surface area contributed by atoms with Gasteiger partial charge in [0, 0.05) is 23.3 Å². The Bertz CT molecular complexity index is 663. The van der Waals surface area contributed by atoms with Gasteiger partial charge in [0.15, 0.2) is 0 Å². The lowest BCUT2D eigenvalue weighted by Crippen LogP contribution is -2.10. The second-order valence-electron chi connectivity index (χ2n) is 4.14. The van der Waals surface area contributed by atoms with E-state index in [1.807, 2.05) is 24.3 Å². The molecule has 0 unspecified atom stereocenters. The van der Waals surface area contributed by atoms with Crippen molar-refractivity contribution < 1.29 is 9.66 Å². The molecule has 0 amide bonds. The van der Waals surface area contributed by atoms with Crippen LogP contribution in [0.3, 0.4) is 0 Å². The smallest absolute Gasteiger partial charge is 0.269 e. The first-order valence-corrected chi connectivity index (χ1v) is 5.78. The third-order valence-electron chi connectivity index (χ3n) is 2.90. The molecule has 5 nitrogen and oxygen atoms in total. The molecule has 0 saturated carbocycles. The maximum absolute atomic E-state index is 10.6. The van der Waals surface area contributed by atoms with Gasteiger partial charge in [0.2, 0.25) is 5.90 Å². The lowest BCUT2D eigenvalue weighted by Gasteiger charge is -2.16. The van der Waals surface area contributed by atoms with Crippen molar-refractivity contribution in [3.8, 4) is 0 Å². The molecule has 0 aliphatic carbocycles. The standard InChI is InChI=1S/C14H10N2O3/c17-16(18)12-7-5-10(6-8-12)14-15-13-4-2-1-3-11(13)9-19-14/h1-8H,9H2. The molecule has 19 heavy (non-hydrogen) atoms. The Morgan fingerprint density at radius 2 is 1.84 bits per heavy atom. The van der Waals surface area contributed by atoms with Crippen LogP contribution in [0.25, 0.3) is 0 Å². The zero-order valence-corrected chi connectivity index (χ0v) is 9.95. The predicted octanol–water partition coefficient (Wildman–Crippen LogP) is 3.20. The largest absolute Gasteiger partial charge is 0.472 e. The van der Waals surface area contributed by atoms with E-state index in [1.165, 1.54) is 12.1 Å². The fourth-order valence-electron chi connectivity index (χ4n) is 1.90. The molecule has 0 spiro atoms. The van der Waals surface area contributed by atoms with Gasteiger partial charge in [-0.05, 0) is 18.2 Å². The number of para-hydroxylation sites is 1. The summed E-state index contributed by atoms with van der Waals surface area (Å²) in [6.07, 6.45) is 0. The molecule has 0 fully saturated rings. The molecular formula is C14H10N2O3. The number of ether oxygens (including phenoxy) is 1. The van der Waals surface area contributed by atoms with Crippen LogP contribution in [0, 0.1) is 10.1 Å². The molecule has 5 heteroatoms. The Labute approximate surface area is 109 Å². The monoisotopic (exact) mass is 254 g/mol. The van der Waals surface area contributed by atoms with E-state index in [0.717, 1.165) is 16.8 Å². The van der Waals surface area contributed by atoms with E-state index in [1.54, 1.807) is 12.1 Å². The maximum Gasteiger partial charge on any atom is 0.269 e. The van der Waals surface area contributed by atoms with Crippen LogP contribution in [0.5, 0.6) is 0 Å². The van der Waals surface area contributed by atoms with Gasteiger partial charge in [-0.2, -0.15) is 0 Å². The molecule has 3 rings (SSSR count). The number of non-ortho nitro benzene ring substituents is 1. The molecule has 0 atom stereocenters. The van der Waals surface area contributed by atoms with Gasteiger partial charge in [0.05, 0.1) is 10.6 Å². The molecule has 1 aliphatic heterocycles. The van der Waals surface area contributed by atoms with Gasteiger partial charge < -0.3 is 4.74 Å². The molecule has 0 bridgehead atoms. The summed E-state index contributed by atoms with van der Waals surface area (Å²) in [7, 11) is 0. The molecular weight excluding hydrogens is 244 g/mol. The van der Waals surface area contributed by atoms with Crippen LogP contribution in [-0.2, 0) is 11.3 Å². The number of benzene rings is 2. The fraction of sp³-hybridized carbons (Fsp3) is 0.0714. The summed E-state index contributed by atoms with van der Waals surface area (Å²) in [5.74, 6) is 0.494. The molecule has 1 heterocycles. The van der Waals surface area contributed by atoms with Crippen molar-refractivity contribution in [2.75, 3.05) is 0 Å². The molecule has 2 aromatic rings. The number of aliphatic imine (C=N–C) groups is 1. The van der Waals surface area contributed by atoms with Gasteiger partial charge in [-0.25, -0.2) is 4.99 Å². The first kappa shape index (κ1) is 11.4. The second-order valence-corrected chi connectivity index (χ2v) is 4.14. The molecule has 0 aromatic heterocycles. The van der Waals surface area contributed by atoms with Gasteiger partial charge in [0.1, 0.15) is 6.61 Å². The number of hydrogen-bond acceptors (Lipinski definition) is 4. The third kappa shape index (κ3) is 2.18. The lowest BCUT2D eigenvalue weighted by atomic mass is 10.1. The quantitative estimate of drug-likeness (QED) is 0.610. The van der Waals surface area contributed by atoms with E-state index < -0.39 is 4.92 Å². The summed E-state index contributed by atoms with van der Waals surface area (Å²) in [5.41, 5.74) is 2.70. The van der Waals surface area contributed by atoms with Gasteiger partial charge >= 0.3 is 0 Å². The minimum absolute atomic E-state index is 0.0561. The minimum Gasteiger partial charge on any atom is -0.472 e. The van der Waals surface area contributed by atoms with Crippen LogP contribution in [0.2, 0.25) is 0 Å². The van der Waals surface area contributed by atoms with Gasteiger partial charge in [0.25, 0.3) is 5.69 Å². The minimum atomic E-state index is -0.428. The SMILES string of the molecule is O=[N+]([O-])c1ccc(C2=Nc3ccccc3CO2)cc1. The van der Waals surface area contributed by atoms with Crippen molar-refractivity contribution in [3.63, 3.8) is 0 Å². The fourth-order valence-corrected chi connectivity index (χ4v) is 1.90. The predicted molar refractivity (Wildman–Crippen MR) is 70.5 cm³/mol. The second kappa shape index (κ2) is 4.53. The summed E-state index contributed by atoms with van der Waals surface area (Å²) >= 11 is 0. The highest BCUT2D eigenvalue weighted by Gasteiger charge is 2.15. The van der Waals surface area contributed by atoms with Crippen LogP contribution in [0.1, 0.15) is 11.1 Å². The molecule has 0 radical (unpaired) electrons. The highest BCUT2D eigenvalue weighted by atomic mass is 16.6. The van der Waals surface area contributed by atoms with E-state index in [9.17, 15) is 10.1 Å². The number of nitrogens with zero attached hydrogens (tertiary/aromatic N) is 2. The lowest BCUT2D eigenvalue weighted by molar-refractivity contribution is -0.384. The van der Waals surface area contributed by atoms with Crippen LogP contribution in [0.15, 0.2) is 53.5 Å². The van der Waals surface area contributed by atoms with Gasteiger partial charge in [-0.15, -0.1) is 0 Å². The summed E-state index contributed by atoms with van der Waals surface area (Å²) in [5, 5.41) is 10.6. The van der Waals surface area contributed by atoms with E-state index in [2.05, 4.69) is 4.99 Å². The number of fused-ring (bicyclic) bond motifs is 1. The first-order valence-electron chi connectivity index (χ1n) is 5.78. The maximum atomic E-state index is 10.6. The van der Waals surface area contributed by atoms with Crippen molar-refractivity contribution in [2.45, 2.75) is 6.61 Å². The van der Waals surface area contributed by atoms with Crippen molar-refractivity contribution in [3.05, 3.63) is 69.8 Å². The number of rotatable bonds is 2. The van der Waals surface area contributed by atoms with Crippen LogP contribution in [0.4, 0.5) is 11.4 Å². The van der Waals surface area contributed by atoms with Gasteiger partial charge in [-0.1, -0.05) is 18.2 Å². The Kier molecular flexibility index (Phi) is 2.72. The summed E-state index contributed by atoms with van der Waals surface area (Å²) < 4.78 is 5.57. The molecule has 1 aliphatic rings. The highest BCUT2D eigenvalue weighted by Crippen LogP contribution is 2.26. The average molecular weight is 254 g/mol. The summed E-state index contributed by atoms with van der Waals surface area (Å²) in [6, 6.07) is 13.9. The summed E-state index contributed by atoms with van der Waals surface area (Å²) in [6.45, 7) is 0.464. The molecule has 0 saturated heterocycles. The molecule has 0 N–H and O–H groups in total. The Morgan fingerprint density at radius 1 is 1.11 bits per heavy atom. The van der Waals surface area contributed by atoms with E-state index in [4.69, 9.17) is 4.74 Å². The van der Waals surface area contributed by atoms with Crippen molar-refractivity contribution in [1.82, 2.24) is 0 Å². The van der Waals surface area contributed by atoms with Crippen molar-refractivity contribution >= 4 is 17.3 Å². The summed E-state index contributed by atoms with van der Waals surface area (Å²) in [4.78, 5) is 14.6. The Balaban J connectivity index is 1.95. The Morgan fingerprint density at radius 3 is 2.58 bits per heavy atom. The Hall–Kier alpha value is -2.69. The third-order valence-corrected chi connectivity index (χ3v) is 2.90. The van der Waals surface area contributed by atoms with Crippen molar-refractivity contribution in [2.24, 2.45) is 4.99 Å². The topological polar surface area (TPSA) is 64.7 Å².